The van der Waals surface area contributed by atoms with Crippen LogP contribution < -0.4 is 10.6 Å². The number of benzene rings is 1. The third-order valence-corrected chi connectivity index (χ3v) is 2.40. The highest BCUT2D eigenvalue weighted by Crippen LogP contribution is 2.18. The number of carbonyl (C=O) groups is 1. The Morgan fingerprint density at radius 3 is 2.81 bits per heavy atom. The Morgan fingerprint density at radius 1 is 1.56 bits per heavy atom. The summed E-state index contributed by atoms with van der Waals surface area (Å²) >= 11 is 5.59. The zero-order valence-electron chi connectivity index (χ0n) is 9.18. The molecule has 5 heteroatoms. The molecule has 0 heterocycles. The first-order valence-electron chi connectivity index (χ1n) is 5.05. The van der Waals surface area contributed by atoms with Crippen molar-refractivity contribution in [2.45, 2.75) is 26.3 Å². The second-order valence-corrected chi connectivity index (χ2v) is 3.97. The van der Waals surface area contributed by atoms with Gasteiger partial charge in [0.05, 0.1) is 5.69 Å². The monoisotopic (exact) mass is 244 g/mol. The van der Waals surface area contributed by atoms with Gasteiger partial charge in [0.15, 0.2) is 0 Å². The molecule has 0 bridgehead atoms. The molecule has 1 rings (SSSR count). The van der Waals surface area contributed by atoms with E-state index in [2.05, 4.69) is 10.6 Å². The number of hydrogen-bond donors (Lipinski definition) is 2. The first-order valence-corrected chi connectivity index (χ1v) is 5.43. The van der Waals surface area contributed by atoms with E-state index in [1.54, 1.807) is 0 Å². The van der Waals surface area contributed by atoms with Gasteiger partial charge in [-0.05, 0) is 31.5 Å². The molecule has 0 aliphatic rings. The van der Waals surface area contributed by atoms with E-state index in [1.807, 2.05) is 13.8 Å². The van der Waals surface area contributed by atoms with Crippen LogP contribution in [0.5, 0.6) is 0 Å². The summed E-state index contributed by atoms with van der Waals surface area (Å²) in [6, 6.07) is 3.73. The van der Waals surface area contributed by atoms with E-state index in [4.69, 9.17) is 11.6 Å². The fraction of sp³-hybridized carbons (Fsp3) is 0.364. The number of nitrogens with one attached hydrogen (secondary N) is 2. The third kappa shape index (κ3) is 3.70. The maximum absolute atomic E-state index is 13.3. The molecule has 0 spiro atoms. The Balaban J connectivity index is 2.63. The normalized spacial score (nSPS) is 12.0. The van der Waals surface area contributed by atoms with E-state index in [0.717, 1.165) is 12.5 Å². The van der Waals surface area contributed by atoms with Crippen molar-refractivity contribution in [3.8, 4) is 0 Å². The van der Waals surface area contributed by atoms with Crippen LogP contribution in [-0.2, 0) is 0 Å². The van der Waals surface area contributed by atoms with Gasteiger partial charge >= 0.3 is 6.03 Å². The summed E-state index contributed by atoms with van der Waals surface area (Å²) in [7, 11) is 0. The minimum atomic E-state index is -0.549. The maximum Gasteiger partial charge on any atom is 0.319 e. The molecule has 1 atom stereocenters. The summed E-state index contributed by atoms with van der Waals surface area (Å²) in [5.41, 5.74) is 0.116. The number of anilines is 1. The molecule has 0 aliphatic carbocycles. The molecular formula is C11H14ClFN2O. The van der Waals surface area contributed by atoms with E-state index < -0.39 is 11.8 Å². The SMILES string of the molecule is CCC(C)NC(=O)Nc1ccc(Cl)cc1F. The summed E-state index contributed by atoms with van der Waals surface area (Å²) < 4.78 is 13.3. The van der Waals surface area contributed by atoms with Gasteiger partial charge in [0.1, 0.15) is 5.82 Å². The fourth-order valence-electron chi connectivity index (χ4n) is 1.08. The van der Waals surface area contributed by atoms with Gasteiger partial charge in [-0.2, -0.15) is 0 Å². The van der Waals surface area contributed by atoms with Crippen molar-refractivity contribution in [3.63, 3.8) is 0 Å². The van der Waals surface area contributed by atoms with E-state index in [9.17, 15) is 9.18 Å². The zero-order chi connectivity index (χ0) is 12.1. The highest BCUT2D eigenvalue weighted by molar-refractivity contribution is 6.30. The summed E-state index contributed by atoms with van der Waals surface area (Å²) in [5, 5.41) is 5.39. The molecule has 0 fully saturated rings. The summed E-state index contributed by atoms with van der Waals surface area (Å²) in [6.07, 6.45) is 0.816. The van der Waals surface area contributed by atoms with Crippen molar-refractivity contribution in [1.82, 2.24) is 5.32 Å². The van der Waals surface area contributed by atoms with Gasteiger partial charge in [-0.15, -0.1) is 0 Å². The highest BCUT2D eigenvalue weighted by atomic mass is 35.5. The molecule has 0 saturated carbocycles. The van der Waals surface area contributed by atoms with Crippen molar-refractivity contribution in [3.05, 3.63) is 29.0 Å². The molecule has 16 heavy (non-hydrogen) atoms. The first-order chi connectivity index (χ1) is 7.52. The molecule has 0 radical (unpaired) electrons. The molecule has 2 N–H and O–H groups in total. The molecule has 0 aliphatic heterocycles. The Morgan fingerprint density at radius 2 is 2.25 bits per heavy atom. The molecule has 3 nitrogen and oxygen atoms in total. The maximum atomic E-state index is 13.3. The second-order valence-electron chi connectivity index (χ2n) is 3.53. The standard InChI is InChI=1S/C11H14ClFN2O/c1-3-7(2)14-11(16)15-10-5-4-8(12)6-9(10)13/h4-7H,3H2,1-2H3,(H2,14,15,16). The quantitative estimate of drug-likeness (QED) is 0.841. The summed E-state index contributed by atoms with van der Waals surface area (Å²) in [6.45, 7) is 3.83. The Labute approximate surface area is 99.0 Å². The van der Waals surface area contributed by atoms with Crippen molar-refractivity contribution in [2.75, 3.05) is 5.32 Å². The molecule has 0 saturated heterocycles. The van der Waals surface area contributed by atoms with Crippen LogP contribution in [0.2, 0.25) is 5.02 Å². The Kier molecular flexibility index (Phi) is 4.55. The van der Waals surface area contributed by atoms with Crippen LogP contribution in [-0.4, -0.2) is 12.1 Å². The van der Waals surface area contributed by atoms with Crippen molar-refractivity contribution in [1.29, 1.82) is 0 Å². The lowest BCUT2D eigenvalue weighted by atomic mass is 10.3. The number of carbonyl (C=O) groups excluding carboxylic acids is 1. The van der Waals surface area contributed by atoms with E-state index in [1.165, 1.54) is 12.1 Å². The van der Waals surface area contributed by atoms with E-state index >= 15 is 0 Å². The number of rotatable bonds is 3. The summed E-state index contributed by atoms with van der Waals surface area (Å²) in [4.78, 5) is 11.4. The van der Waals surface area contributed by atoms with Gasteiger partial charge in [-0.25, -0.2) is 9.18 Å². The van der Waals surface area contributed by atoms with Gasteiger partial charge in [0.2, 0.25) is 0 Å². The molecule has 1 aromatic carbocycles. The van der Waals surface area contributed by atoms with Crippen LogP contribution in [0.15, 0.2) is 18.2 Å². The molecule has 88 valence electrons. The molecular weight excluding hydrogens is 231 g/mol. The Hall–Kier alpha value is -1.29. The summed E-state index contributed by atoms with van der Waals surface area (Å²) in [5.74, 6) is -0.549. The minimum absolute atomic E-state index is 0.0513. The number of halogens is 2. The largest absolute Gasteiger partial charge is 0.335 e. The van der Waals surface area contributed by atoms with Crippen LogP contribution in [0.4, 0.5) is 14.9 Å². The lowest BCUT2D eigenvalue weighted by molar-refractivity contribution is 0.249. The predicted molar refractivity (Wildman–Crippen MR) is 63.3 cm³/mol. The van der Waals surface area contributed by atoms with E-state index in [0.29, 0.717) is 5.02 Å². The highest BCUT2D eigenvalue weighted by Gasteiger charge is 2.08. The second kappa shape index (κ2) is 5.70. The van der Waals surface area contributed by atoms with Crippen LogP contribution in [0, 0.1) is 5.82 Å². The lowest BCUT2D eigenvalue weighted by Gasteiger charge is -2.12. The predicted octanol–water partition coefficient (Wildman–Crippen LogP) is 3.40. The molecule has 0 aromatic heterocycles. The van der Waals surface area contributed by atoms with Crippen LogP contribution in [0.25, 0.3) is 0 Å². The number of urea groups is 1. The van der Waals surface area contributed by atoms with Gasteiger partial charge in [-0.1, -0.05) is 18.5 Å². The zero-order valence-corrected chi connectivity index (χ0v) is 9.94. The average molecular weight is 245 g/mol. The van der Waals surface area contributed by atoms with Gasteiger partial charge in [0, 0.05) is 11.1 Å². The van der Waals surface area contributed by atoms with Crippen molar-refractivity contribution >= 4 is 23.3 Å². The molecule has 1 aromatic rings. The fourth-order valence-corrected chi connectivity index (χ4v) is 1.23. The molecule has 1 unspecified atom stereocenters. The lowest BCUT2D eigenvalue weighted by Crippen LogP contribution is -2.35. The van der Waals surface area contributed by atoms with Crippen molar-refractivity contribution in [2.24, 2.45) is 0 Å². The minimum Gasteiger partial charge on any atom is -0.335 e. The molecule has 2 amide bonds. The van der Waals surface area contributed by atoms with Crippen LogP contribution in [0.1, 0.15) is 20.3 Å². The van der Waals surface area contributed by atoms with Crippen molar-refractivity contribution < 1.29 is 9.18 Å². The van der Waals surface area contributed by atoms with E-state index in [-0.39, 0.29) is 11.7 Å². The smallest absolute Gasteiger partial charge is 0.319 e. The first kappa shape index (κ1) is 12.8. The average Bonchev–Trinajstić information content (AvgIpc) is 2.22. The van der Waals surface area contributed by atoms with Crippen LogP contribution >= 0.6 is 11.6 Å². The third-order valence-electron chi connectivity index (χ3n) is 2.17. The number of hydrogen-bond acceptors (Lipinski definition) is 1. The topological polar surface area (TPSA) is 41.1 Å². The number of amides is 2. The van der Waals surface area contributed by atoms with Crippen LogP contribution in [0.3, 0.4) is 0 Å². The van der Waals surface area contributed by atoms with Gasteiger partial charge < -0.3 is 10.6 Å². The van der Waals surface area contributed by atoms with Gasteiger partial charge in [0.25, 0.3) is 0 Å². The van der Waals surface area contributed by atoms with Gasteiger partial charge in [-0.3, -0.25) is 0 Å². The Bertz CT molecular complexity index is 384.